The van der Waals surface area contributed by atoms with Crippen LogP contribution in [0.2, 0.25) is 0 Å². The Morgan fingerprint density at radius 2 is 1.69 bits per heavy atom. The average Bonchev–Trinajstić information content (AvgIpc) is 3.35. The molecule has 1 aliphatic heterocycles. The molecule has 36 heavy (non-hydrogen) atoms. The Morgan fingerprint density at radius 3 is 2.36 bits per heavy atom. The van der Waals surface area contributed by atoms with Crippen LogP contribution in [-0.4, -0.2) is 78.1 Å². The number of hydrogen-bond acceptors (Lipinski definition) is 8. The van der Waals surface area contributed by atoms with Gasteiger partial charge >= 0.3 is 0 Å². The molecule has 0 aliphatic carbocycles. The second-order valence-corrected chi connectivity index (χ2v) is 8.65. The van der Waals surface area contributed by atoms with Crippen molar-refractivity contribution in [2.75, 3.05) is 58.4 Å². The molecule has 0 radical (unpaired) electrons. The zero-order valence-electron chi connectivity index (χ0n) is 20.8. The van der Waals surface area contributed by atoms with Crippen molar-refractivity contribution in [1.82, 2.24) is 30.0 Å². The highest BCUT2D eigenvalue weighted by Gasteiger charge is 2.17. The number of ether oxygens (including phenoxy) is 2. The molecular formula is C26H32ClN7O2. The molecule has 9 nitrogen and oxygen atoms in total. The minimum atomic E-state index is 0. The predicted molar refractivity (Wildman–Crippen MR) is 145 cm³/mol. The third-order valence-electron chi connectivity index (χ3n) is 6.34. The first-order chi connectivity index (χ1) is 17.1. The summed E-state index contributed by atoms with van der Waals surface area (Å²) >= 11 is 0. The van der Waals surface area contributed by atoms with Crippen LogP contribution in [0.5, 0.6) is 11.5 Å². The Morgan fingerprint density at radius 1 is 0.944 bits per heavy atom. The summed E-state index contributed by atoms with van der Waals surface area (Å²) in [7, 11) is 5.25. The van der Waals surface area contributed by atoms with Crippen LogP contribution in [0, 0.1) is 0 Å². The van der Waals surface area contributed by atoms with Crippen molar-refractivity contribution in [3.8, 4) is 22.8 Å². The summed E-state index contributed by atoms with van der Waals surface area (Å²) < 4.78 is 12.9. The Kier molecular flexibility index (Phi) is 8.25. The van der Waals surface area contributed by atoms with Crippen LogP contribution in [0.25, 0.3) is 22.3 Å². The quantitative estimate of drug-likeness (QED) is 0.386. The first-order valence-corrected chi connectivity index (χ1v) is 11.8. The lowest BCUT2D eigenvalue weighted by Crippen LogP contribution is -2.45. The predicted octanol–water partition coefficient (Wildman–Crippen LogP) is 3.51. The number of anilines is 2. The molecule has 10 heteroatoms. The minimum Gasteiger partial charge on any atom is -0.497 e. The number of hydrogen-bond donors (Lipinski definition) is 1. The van der Waals surface area contributed by atoms with Gasteiger partial charge in [0.25, 0.3) is 0 Å². The van der Waals surface area contributed by atoms with E-state index in [0.29, 0.717) is 0 Å². The molecule has 0 bridgehead atoms. The Hall–Kier alpha value is -3.40. The number of halogens is 1. The number of aryl methyl sites for hydroxylation is 1. The van der Waals surface area contributed by atoms with E-state index < -0.39 is 0 Å². The van der Waals surface area contributed by atoms with Crippen LogP contribution >= 0.6 is 12.4 Å². The number of aromatic nitrogens is 4. The molecule has 3 heterocycles. The van der Waals surface area contributed by atoms with E-state index in [1.54, 1.807) is 25.1 Å². The lowest BCUT2D eigenvalue weighted by atomic mass is 10.2. The molecule has 190 valence electrons. The van der Waals surface area contributed by atoms with E-state index >= 15 is 0 Å². The van der Waals surface area contributed by atoms with Gasteiger partial charge in [-0.3, -0.25) is 14.6 Å². The number of piperazine rings is 1. The summed E-state index contributed by atoms with van der Waals surface area (Å²) in [4.78, 5) is 14.3. The first-order valence-electron chi connectivity index (χ1n) is 11.8. The van der Waals surface area contributed by atoms with Gasteiger partial charge in [-0.1, -0.05) is 0 Å². The Bertz CT molecular complexity index is 1280. The Balaban J connectivity index is 0.00000304. The van der Waals surface area contributed by atoms with E-state index in [4.69, 9.17) is 14.5 Å². The van der Waals surface area contributed by atoms with Gasteiger partial charge < -0.3 is 19.7 Å². The van der Waals surface area contributed by atoms with Gasteiger partial charge in [-0.2, -0.15) is 5.10 Å². The van der Waals surface area contributed by atoms with Gasteiger partial charge in [0.2, 0.25) is 0 Å². The van der Waals surface area contributed by atoms with Gasteiger partial charge in [0.05, 0.1) is 43.3 Å². The molecule has 2 aromatic carbocycles. The van der Waals surface area contributed by atoms with Crippen LogP contribution < -0.4 is 19.7 Å². The highest BCUT2D eigenvalue weighted by molar-refractivity contribution is 5.85. The summed E-state index contributed by atoms with van der Waals surface area (Å²) in [5.41, 5.74) is 5.49. The van der Waals surface area contributed by atoms with Crippen molar-refractivity contribution in [2.45, 2.75) is 0 Å². The number of nitrogens with one attached hydrogen (secondary N) is 1. The highest BCUT2D eigenvalue weighted by Crippen LogP contribution is 2.34. The van der Waals surface area contributed by atoms with Gasteiger partial charge in [-0.25, -0.2) is 4.98 Å². The molecule has 4 aromatic rings. The molecule has 0 atom stereocenters. The molecule has 5 rings (SSSR count). The minimum absolute atomic E-state index is 0. The number of fused-ring (bicyclic) bond motifs is 1. The van der Waals surface area contributed by atoms with Gasteiger partial charge in [-0.15, -0.1) is 12.4 Å². The second-order valence-electron chi connectivity index (χ2n) is 8.65. The van der Waals surface area contributed by atoms with Crippen LogP contribution in [0.1, 0.15) is 0 Å². The second kappa shape index (κ2) is 11.6. The average molecular weight is 510 g/mol. The molecule has 1 fully saturated rings. The third kappa shape index (κ3) is 5.70. The summed E-state index contributed by atoms with van der Waals surface area (Å²) in [6.07, 6.45) is 5.55. The number of nitrogens with zero attached hydrogens (tertiary/aromatic N) is 6. The number of rotatable bonds is 8. The topological polar surface area (TPSA) is 80.6 Å². The molecule has 1 aliphatic rings. The molecule has 2 aromatic heterocycles. The maximum absolute atomic E-state index is 5.56. The van der Waals surface area contributed by atoms with E-state index in [-0.39, 0.29) is 12.4 Å². The van der Waals surface area contributed by atoms with Crippen molar-refractivity contribution < 1.29 is 9.47 Å². The normalized spacial score (nSPS) is 13.9. The summed E-state index contributed by atoms with van der Waals surface area (Å²) in [6, 6.07) is 12.2. The molecule has 1 saturated heterocycles. The fourth-order valence-corrected chi connectivity index (χ4v) is 4.39. The third-order valence-corrected chi connectivity index (χ3v) is 6.34. The van der Waals surface area contributed by atoms with E-state index in [9.17, 15) is 0 Å². The van der Waals surface area contributed by atoms with E-state index in [2.05, 4.69) is 37.3 Å². The fourth-order valence-electron chi connectivity index (χ4n) is 4.39. The van der Waals surface area contributed by atoms with E-state index in [1.165, 1.54) is 0 Å². The van der Waals surface area contributed by atoms with Crippen molar-refractivity contribution in [3.63, 3.8) is 0 Å². The first kappa shape index (κ1) is 25.7. The zero-order valence-corrected chi connectivity index (χ0v) is 21.7. The number of benzene rings is 2. The van der Waals surface area contributed by atoms with Crippen LogP contribution in [0.15, 0.2) is 55.0 Å². The van der Waals surface area contributed by atoms with Gasteiger partial charge in [0.15, 0.2) is 0 Å². The van der Waals surface area contributed by atoms with Crippen molar-refractivity contribution in [2.24, 2.45) is 7.05 Å². The molecule has 0 spiro atoms. The molecule has 1 N–H and O–H groups in total. The van der Waals surface area contributed by atoms with Crippen molar-refractivity contribution in [1.29, 1.82) is 0 Å². The van der Waals surface area contributed by atoms with E-state index in [1.807, 2.05) is 43.7 Å². The molecule has 0 amide bonds. The monoisotopic (exact) mass is 509 g/mol. The smallest absolute Gasteiger partial charge is 0.124 e. The molecular weight excluding hydrogens is 478 g/mol. The van der Waals surface area contributed by atoms with Crippen LogP contribution in [0.4, 0.5) is 11.4 Å². The number of methoxy groups -OCH3 is 2. The van der Waals surface area contributed by atoms with Gasteiger partial charge in [0.1, 0.15) is 11.5 Å². The maximum atomic E-state index is 5.56. The van der Waals surface area contributed by atoms with Crippen LogP contribution in [-0.2, 0) is 7.05 Å². The standard InChI is InChI=1S/C26H31N7O2.ClH/c1-31-18-19(16-29-31)26-17-28-24-5-4-20(14-25(24)30-26)33(11-10-32-8-6-27-7-9-32)21-12-22(34-2)15-23(13-21)35-3;/h4-5,12-18,27H,6-11H2,1-3H3;1H. The highest BCUT2D eigenvalue weighted by atomic mass is 35.5. The SMILES string of the molecule is COc1cc(OC)cc(N(CCN2CCNCC2)c2ccc3ncc(-c4cnn(C)c4)nc3c2)c1.Cl. The lowest BCUT2D eigenvalue weighted by Gasteiger charge is -2.32. The largest absolute Gasteiger partial charge is 0.497 e. The lowest BCUT2D eigenvalue weighted by molar-refractivity contribution is 0.247. The summed E-state index contributed by atoms with van der Waals surface area (Å²) in [6.45, 7) is 5.91. The molecule has 0 unspecified atom stereocenters. The van der Waals surface area contributed by atoms with Gasteiger partial charge in [-0.05, 0) is 18.2 Å². The van der Waals surface area contributed by atoms with Crippen molar-refractivity contribution in [3.05, 3.63) is 55.0 Å². The zero-order chi connectivity index (χ0) is 24.2. The van der Waals surface area contributed by atoms with Crippen molar-refractivity contribution >= 4 is 34.8 Å². The van der Waals surface area contributed by atoms with Crippen LogP contribution in [0.3, 0.4) is 0 Å². The molecule has 0 saturated carbocycles. The summed E-state index contributed by atoms with van der Waals surface area (Å²) in [5.74, 6) is 1.51. The van der Waals surface area contributed by atoms with E-state index in [0.717, 1.165) is 84.4 Å². The maximum Gasteiger partial charge on any atom is 0.124 e. The fraction of sp³-hybridized carbons (Fsp3) is 0.346. The summed E-state index contributed by atoms with van der Waals surface area (Å²) in [5, 5.41) is 7.69. The van der Waals surface area contributed by atoms with Gasteiger partial charge in [0, 0.05) is 87.7 Å². The Labute approximate surface area is 217 Å².